The molecule has 0 radical (unpaired) electrons. The van der Waals surface area contributed by atoms with Gasteiger partial charge in [-0.2, -0.15) is 0 Å². The van der Waals surface area contributed by atoms with E-state index in [9.17, 15) is 18.4 Å². The molecule has 1 aromatic heterocycles. The zero-order valence-corrected chi connectivity index (χ0v) is 16.9. The lowest BCUT2D eigenvalue weighted by atomic mass is 9.96. The molecule has 0 amide bonds. The summed E-state index contributed by atoms with van der Waals surface area (Å²) in [5, 5.41) is 0. The fourth-order valence-electron chi connectivity index (χ4n) is 3.39. The molecule has 8 heteroatoms. The number of ether oxygens (including phenoxy) is 1. The molecule has 1 aliphatic heterocycles. The second kappa shape index (κ2) is 7.79. The minimum Gasteiger partial charge on any atom is -0.466 e. The lowest BCUT2D eigenvalue weighted by Crippen LogP contribution is -2.39. The van der Waals surface area contributed by atoms with Gasteiger partial charge in [0.25, 0.3) is 5.56 Å². The number of hydrogen-bond acceptors (Lipinski definition) is 5. The number of aromatic nitrogens is 1. The molecule has 152 valence electrons. The number of benzene rings is 2. The third kappa shape index (κ3) is 3.39. The van der Waals surface area contributed by atoms with Crippen LogP contribution in [0.15, 0.2) is 69.6 Å². The first kappa shape index (κ1) is 19.9. The van der Waals surface area contributed by atoms with Crippen LogP contribution in [0, 0.1) is 11.6 Å². The zero-order chi connectivity index (χ0) is 21.4. The third-order valence-electron chi connectivity index (χ3n) is 4.80. The van der Waals surface area contributed by atoms with Crippen molar-refractivity contribution in [1.29, 1.82) is 0 Å². The SMILES string of the molecule is COC(=O)C1=C(C)N=c2sc(=Cc3ccccc3F)c(=O)n2C1c1ccc(F)cc1. The largest absolute Gasteiger partial charge is 0.466 e. The van der Waals surface area contributed by atoms with Crippen molar-refractivity contribution in [2.75, 3.05) is 7.11 Å². The Hall–Kier alpha value is -3.39. The molecule has 0 aliphatic carbocycles. The number of esters is 1. The van der Waals surface area contributed by atoms with Gasteiger partial charge in [-0.05, 0) is 36.8 Å². The van der Waals surface area contributed by atoms with E-state index >= 15 is 0 Å². The number of nitrogens with zero attached hydrogens (tertiary/aromatic N) is 2. The quantitative estimate of drug-likeness (QED) is 0.605. The van der Waals surface area contributed by atoms with E-state index < -0.39 is 29.2 Å². The lowest BCUT2D eigenvalue weighted by molar-refractivity contribution is -0.136. The van der Waals surface area contributed by atoms with E-state index in [0.717, 1.165) is 11.3 Å². The third-order valence-corrected chi connectivity index (χ3v) is 5.79. The van der Waals surface area contributed by atoms with E-state index in [1.54, 1.807) is 25.1 Å². The van der Waals surface area contributed by atoms with Crippen molar-refractivity contribution < 1.29 is 18.3 Å². The van der Waals surface area contributed by atoms with Gasteiger partial charge in [-0.25, -0.2) is 18.6 Å². The highest BCUT2D eigenvalue weighted by Gasteiger charge is 2.33. The van der Waals surface area contributed by atoms with Crippen molar-refractivity contribution in [2.45, 2.75) is 13.0 Å². The van der Waals surface area contributed by atoms with Crippen molar-refractivity contribution >= 4 is 23.4 Å². The van der Waals surface area contributed by atoms with Gasteiger partial charge in [0.05, 0.1) is 29.0 Å². The predicted molar refractivity (Wildman–Crippen MR) is 109 cm³/mol. The number of thiazole rings is 1. The molecule has 0 N–H and O–H groups in total. The van der Waals surface area contributed by atoms with Crippen LogP contribution in [0.5, 0.6) is 0 Å². The molecule has 2 heterocycles. The summed E-state index contributed by atoms with van der Waals surface area (Å²) in [5.74, 6) is -1.52. The minimum absolute atomic E-state index is 0.189. The summed E-state index contributed by atoms with van der Waals surface area (Å²) in [6, 6.07) is 10.8. The number of allylic oxidation sites excluding steroid dienone is 1. The molecule has 0 saturated heterocycles. The maximum absolute atomic E-state index is 14.1. The van der Waals surface area contributed by atoms with Crippen molar-refractivity contribution in [2.24, 2.45) is 4.99 Å². The van der Waals surface area contributed by atoms with Gasteiger partial charge >= 0.3 is 5.97 Å². The standard InChI is InChI=1S/C22H16F2N2O3S/c1-12-18(21(28)29-2)19(13-7-9-15(23)10-8-13)26-20(27)17(30-22(26)25-12)11-14-5-3-4-6-16(14)24/h3-11,19H,1-2H3. The molecular weight excluding hydrogens is 410 g/mol. The van der Waals surface area contributed by atoms with Gasteiger partial charge in [-0.1, -0.05) is 41.7 Å². The Morgan fingerprint density at radius 3 is 2.53 bits per heavy atom. The van der Waals surface area contributed by atoms with Crippen molar-refractivity contribution in [3.8, 4) is 0 Å². The molecule has 1 unspecified atom stereocenters. The highest BCUT2D eigenvalue weighted by atomic mass is 32.1. The van der Waals surface area contributed by atoms with Crippen molar-refractivity contribution in [1.82, 2.24) is 4.57 Å². The zero-order valence-electron chi connectivity index (χ0n) is 16.1. The molecule has 5 nitrogen and oxygen atoms in total. The van der Waals surface area contributed by atoms with Crippen LogP contribution in [0.2, 0.25) is 0 Å². The Morgan fingerprint density at radius 1 is 1.17 bits per heavy atom. The first-order valence-electron chi connectivity index (χ1n) is 9.01. The number of carbonyl (C=O) groups is 1. The van der Waals surface area contributed by atoms with Crippen LogP contribution in [0.3, 0.4) is 0 Å². The Bertz CT molecular complexity index is 1350. The molecule has 0 spiro atoms. The number of carbonyl (C=O) groups excluding carboxylic acids is 1. The van der Waals surface area contributed by atoms with E-state index in [2.05, 4.69) is 4.99 Å². The van der Waals surface area contributed by atoms with Crippen LogP contribution >= 0.6 is 11.3 Å². The fourth-order valence-corrected chi connectivity index (χ4v) is 4.42. The highest BCUT2D eigenvalue weighted by Crippen LogP contribution is 2.30. The lowest BCUT2D eigenvalue weighted by Gasteiger charge is -2.24. The van der Waals surface area contributed by atoms with Gasteiger partial charge in [-0.15, -0.1) is 0 Å². The normalized spacial score (nSPS) is 16.3. The van der Waals surface area contributed by atoms with E-state index in [1.807, 2.05) is 0 Å². The summed E-state index contributed by atoms with van der Waals surface area (Å²) in [4.78, 5) is 30.5. The maximum Gasteiger partial charge on any atom is 0.338 e. The molecule has 0 bridgehead atoms. The summed E-state index contributed by atoms with van der Waals surface area (Å²) in [6.07, 6.45) is 1.46. The van der Waals surface area contributed by atoms with E-state index in [0.29, 0.717) is 16.1 Å². The maximum atomic E-state index is 14.1. The summed E-state index contributed by atoms with van der Waals surface area (Å²) in [7, 11) is 1.24. The smallest absolute Gasteiger partial charge is 0.338 e. The first-order valence-corrected chi connectivity index (χ1v) is 9.83. The van der Waals surface area contributed by atoms with Gasteiger partial charge in [0, 0.05) is 5.56 Å². The molecule has 1 atom stereocenters. The van der Waals surface area contributed by atoms with Crippen LogP contribution < -0.4 is 14.9 Å². The van der Waals surface area contributed by atoms with Gasteiger partial charge in [0.15, 0.2) is 4.80 Å². The van der Waals surface area contributed by atoms with Crippen LogP contribution in [0.25, 0.3) is 6.08 Å². The Labute approximate surface area is 173 Å². The highest BCUT2D eigenvalue weighted by molar-refractivity contribution is 7.07. The molecular formula is C22H16F2N2O3S. The van der Waals surface area contributed by atoms with Crippen molar-refractivity contribution in [3.05, 3.63) is 102 Å². The van der Waals surface area contributed by atoms with Crippen molar-refractivity contribution in [3.63, 3.8) is 0 Å². The Morgan fingerprint density at radius 2 is 1.87 bits per heavy atom. The predicted octanol–water partition coefficient (Wildman–Crippen LogP) is 2.69. The number of halogens is 2. The molecule has 4 rings (SSSR count). The van der Waals surface area contributed by atoms with Crippen LogP contribution in [0.1, 0.15) is 24.1 Å². The topological polar surface area (TPSA) is 60.7 Å². The second-order valence-electron chi connectivity index (χ2n) is 6.65. The van der Waals surface area contributed by atoms with Crippen LogP contribution in [-0.2, 0) is 9.53 Å². The first-order chi connectivity index (χ1) is 14.4. The van der Waals surface area contributed by atoms with Crippen LogP contribution in [-0.4, -0.2) is 17.6 Å². The summed E-state index contributed by atoms with van der Waals surface area (Å²) in [6.45, 7) is 1.65. The minimum atomic E-state index is -0.836. The molecule has 0 saturated carbocycles. The average Bonchev–Trinajstić information content (AvgIpc) is 3.03. The number of hydrogen-bond donors (Lipinski definition) is 0. The second-order valence-corrected chi connectivity index (χ2v) is 7.66. The average molecular weight is 426 g/mol. The van der Waals surface area contributed by atoms with E-state index in [4.69, 9.17) is 4.74 Å². The number of methoxy groups -OCH3 is 1. The summed E-state index contributed by atoms with van der Waals surface area (Å²) in [5.41, 5.74) is 0.962. The van der Waals surface area contributed by atoms with Gasteiger partial charge in [-0.3, -0.25) is 9.36 Å². The summed E-state index contributed by atoms with van der Waals surface area (Å²) >= 11 is 1.09. The van der Waals surface area contributed by atoms with Gasteiger partial charge in [0.2, 0.25) is 0 Å². The van der Waals surface area contributed by atoms with E-state index in [-0.39, 0.29) is 15.7 Å². The molecule has 3 aromatic rings. The Kier molecular flexibility index (Phi) is 5.17. The summed E-state index contributed by atoms with van der Waals surface area (Å²) < 4.78 is 34.1. The number of rotatable bonds is 3. The monoisotopic (exact) mass is 426 g/mol. The molecule has 0 fully saturated rings. The molecule has 1 aliphatic rings. The van der Waals surface area contributed by atoms with E-state index in [1.165, 1.54) is 48.1 Å². The van der Waals surface area contributed by atoms with Gasteiger partial charge < -0.3 is 4.74 Å². The fraction of sp³-hybridized carbons (Fsp3) is 0.136. The Balaban J connectivity index is 1.99. The van der Waals surface area contributed by atoms with Crippen LogP contribution in [0.4, 0.5) is 8.78 Å². The molecule has 2 aromatic carbocycles. The number of fused-ring (bicyclic) bond motifs is 1. The van der Waals surface area contributed by atoms with Gasteiger partial charge in [0.1, 0.15) is 11.6 Å². The molecule has 30 heavy (non-hydrogen) atoms.